The molecule has 5 heteroatoms. The third-order valence-electron chi connectivity index (χ3n) is 3.51. The molecular weight excluding hydrogens is 278 g/mol. The highest BCUT2D eigenvalue weighted by Gasteiger charge is 2.25. The van der Waals surface area contributed by atoms with Crippen LogP contribution in [0, 0.1) is 0 Å². The zero-order valence-corrected chi connectivity index (χ0v) is 12.6. The Bertz CT molecular complexity index is 484. The number of benzene rings is 1. The Morgan fingerprint density at radius 2 is 2.00 bits per heavy atom. The molecule has 0 aliphatic carbocycles. The number of carbonyl (C=O) groups is 1. The summed E-state index contributed by atoms with van der Waals surface area (Å²) in [6.45, 7) is 5.02. The number of nitrogens with zero attached hydrogens (tertiary/aromatic N) is 1. The first-order valence-electron chi connectivity index (χ1n) is 6.92. The van der Waals surface area contributed by atoms with Crippen LogP contribution in [0.5, 0.6) is 5.75 Å². The first-order valence-corrected chi connectivity index (χ1v) is 7.30. The molecule has 1 aliphatic rings. The SMILES string of the molecule is CC(Oc1ccc([C@@H](C)O)cc1Cl)C(=O)N1CCCC1. The van der Waals surface area contributed by atoms with Gasteiger partial charge in [-0.05, 0) is 44.4 Å². The molecular formula is C15H20ClNO3. The molecule has 0 spiro atoms. The maximum absolute atomic E-state index is 12.2. The second-order valence-corrected chi connectivity index (χ2v) is 5.57. The summed E-state index contributed by atoms with van der Waals surface area (Å²) in [5.41, 5.74) is 0.723. The highest BCUT2D eigenvalue weighted by atomic mass is 35.5. The van der Waals surface area contributed by atoms with E-state index < -0.39 is 12.2 Å². The maximum atomic E-state index is 12.2. The van der Waals surface area contributed by atoms with Gasteiger partial charge < -0.3 is 14.7 Å². The number of likely N-dealkylation sites (tertiary alicyclic amines) is 1. The van der Waals surface area contributed by atoms with E-state index in [9.17, 15) is 9.90 Å². The third kappa shape index (κ3) is 3.44. The van der Waals surface area contributed by atoms with Crippen molar-refractivity contribution >= 4 is 17.5 Å². The highest BCUT2D eigenvalue weighted by Crippen LogP contribution is 2.29. The van der Waals surface area contributed by atoms with Crippen molar-refractivity contribution in [2.75, 3.05) is 13.1 Å². The second-order valence-electron chi connectivity index (χ2n) is 5.16. The van der Waals surface area contributed by atoms with E-state index in [0.29, 0.717) is 10.8 Å². The Labute approximate surface area is 124 Å². The number of ether oxygens (including phenoxy) is 1. The summed E-state index contributed by atoms with van der Waals surface area (Å²) in [5.74, 6) is 0.467. The fourth-order valence-corrected chi connectivity index (χ4v) is 2.54. The molecule has 0 radical (unpaired) electrons. The summed E-state index contributed by atoms with van der Waals surface area (Å²) in [7, 11) is 0. The van der Waals surface area contributed by atoms with Crippen LogP contribution in [0.4, 0.5) is 0 Å². The van der Waals surface area contributed by atoms with Crippen LogP contribution in [-0.2, 0) is 4.79 Å². The summed E-state index contributed by atoms with van der Waals surface area (Å²) in [6.07, 6.45) is 0.984. The molecule has 1 fully saturated rings. The first-order chi connectivity index (χ1) is 9.49. The second kappa shape index (κ2) is 6.46. The smallest absolute Gasteiger partial charge is 0.263 e. The molecule has 2 atom stereocenters. The van der Waals surface area contributed by atoms with E-state index in [1.165, 1.54) is 0 Å². The minimum Gasteiger partial charge on any atom is -0.479 e. The van der Waals surface area contributed by atoms with Crippen LogP contribution in [0.2, 0.25) is 5.02 Å². The van der Waals surface area contributed by atoms with Crippen LogP contribution in [0.1, 0.15) is 38.4 Å². The number of amides is 1. The minimum absolute atomic E-state index is 0.00169. The molecule has 1 amide bonds. The van der Waals surface area contributed by atoms with E-state index in [0.717, 1.165) is 31.5 Å². The predicted molar refractivity (Wildman–Crippen MR) is 78.0 cm³/mol. The van der Waals surface area contributed by atoms with Gasteiger partial charge in [0.2, 0.25) is 0 Å². The van der Waals surface area contributed by atoms with Gasteiger partial charge in [0.15, 0.2) is 6.10 Å². The quantitative estimate of drug-likeness (QED) is 0.930. The number of aliphatic hydroxyl groups is 1. The zero-order chi connectivity index (χ0) is 14.7. The van der Waals surface area contributed by atoms with Crippen molar-refractivity contribution in [2.45, 2.75) is 38.9 Å². The average molecular weight is 298 g/mol. The summed E-state index contributed by atoms with van der Waals surface area (Å²) in [6, 6.07) is 5.10. The van der Waals surface area contributed by atoms with Gasteiger partial charge in [-0.2, -0.15) is 0 Å². The van der Waals surface area contributed by atoms with Crippen LogP contribution in [0.25, 0.3) is 0 Å². The molecule has 1 aromatic carbocycles. The van der Waals surface area contributed by atoms with Crippen molar-refractivity contribution in [1.29, 1.82) is 0 Å². The van der Waals surface area contributed by atoms with E-state index in [-0.39, 0.29) is 5.91 Å². The Morgan fingerprint density at radius 3 is 2.55 bits per heavy atom. The Balaban J connectivity index is 2.03. The Kier molecular flexibility index (Phi) is 4.89. The lowest BCUT2D eigenvalue weighted by Gasteiger charge is -2.21. The van der Waals surface area contributed by atoms with Gasteiger partial charge in [0.25, 0.3) is 5.91 Å². The molecule has 1 N–H and O–H groups in total. The number of hydrogen-bond donors (Lipinski definition) is 1. The number of aliphatic hydroxyl groups excluding tert-OH is 1. The number of rotatable bonds is 4. The van der Waals surface area contributed by atoms with Crippen molar-refractivity contribution in [3.8, 4) is 5.75 Å². The topological polar surface area (TPSA) is 49.8 Å². The predicted octanol–water partition coefficient (Wildman–Crippen LogP) is 2.78. The molecule has 1 unspecified atom stereocenters. The molecule has 4 nitrogen and oxygen atoms in total. The number of carbonyl (C=O) groups excluding carboxylic acids is 1. The molecule has 20 heavy (non-hydrogen) atoms. The summed E-state index contributed by atoms with van der Waals surface area (Å²) < 4.78 is 5.65. The molecule has 1 saturated heterocycles. The first kappa shape index (κ1) is 15.1. The molecule has 0 bridgehead atoms. The maximum Gasteiger partial charge on any atom is 0.263 e. The van der Waals surface area contributed by atoms with E-state index in [4.69, 9.17) is 16.3 Å². The van der Waals surface area contributed by atoms with E-state index in [1.807, 2.05) is 4.90 Å². The monoisotopic (exact) mass is 297 g/mol. The van der Waals surface area contributed by atoms with Crippen LogP contribution in [0.15, 0.2) is 18.2 Å². The minimum atomic E-state index is -0.579. The molecule has 1 aliphatic heterocycles. The normalized spacial score (nSPS) is 17.9. The van der Waals surface area contributed by atoms with Crippen molar-refractivity contribution < 1.29 is 14.6 Å². The molecule has 110 valence electrons. The van der Waals surface area contributed by atoms with Crippen LogP contribution < -0.4 is 4.74 Å². The fraction of sp³-hybridized carbons (Fsp3) is 0.533. The van der Waals surface area contributed by atoms with Crippen LogP contribution in [-0.4, -0.2) is 35.1 Å². The molecule has 0 aromatic heterocycles. The van der Waals surface area contributed by atoms with Gasteiger partial charge in [0, 0.05) is 13.1 Å². The average Bonchev–Trinajstić information content (AvgIpc) is 2.93. The number of hydrogen-bond acceptors (Lipinski definition) is 3. The molecule has 0 saturated carbocycles. The highest BCUT2D eigenvalue weighted by molar-refractivity contribution is 6.32. The zero-order valence-electron chi connectivity index (χ0n) is 11.8. The van der Waals surface area contributed by atoms with Gasteiger partial charge in [-0.15, -0.1) is 0 Å². The Hall–Kier alpha value is -1.26. The van der Waals surface area contributed by atoms with Crippen LogP contribution >= 0.6 is 11.6 Å². The standard InChI is InChI=1S/C15H20ClNO3/c1-10(18)12-5-6-14(13(16)9-12)20-11(2)15(19)17-7-3-4-8-17/h5-6,9-11,18H,3-4,7-8H2,1-2H3/t10-,11?/m1/s1. The number of halogens is 1. The largest absolute Gasteiger partial charge is 0.479 e. The van der Waals surface area contributed by atoms with E-state index in [1.54, 1.807) is 32.0 Å². The lowest BCUT2D eigenvalue weighted by atomic mass is 10.1. The van der Waals surface area contributed by atoms with E-state index in [2.05, 4.69) is 0 Å². The van der Waals surface area contributed by atoms with Gasteiger partial charge in [-0.1, -0.05) is 17.7 Å². The van der Waals surface area contributed by atoms with Gasteiger partial charge in [0.1, 0.15) is 5.75 Å². The summed E-state index contributed by atoms with van der Waals surface area (Å²) in [4.78, 5) is 14.0. The lowest BCUT2D eigenvalue weighted by molar-refractivity contribution is -0.136. The molecule has 1 heterocycles. The van der Waals surface area contributed by atoms with Gasteiger partial charge in [-0.25, -0.2) is 0 Å². The van der Waals surface area contributed by atoms with Crippen molar-refractivity contribution in [3.05, 3.63) is 28.8 Å². The van der Waals surface area contributed by atoms with Gasteiger partial charge in [0.05, 0.1) is 11.1 Å². The Morgan fingerprint density at radius 1 is 1.35 bits per heavy atom. The summed E-state index contributed by atoms with van der Waals surface area (Å²) >= 11 is 6.12. The molecule has 1 aromatic rings. The van der Waals surface area contributed by atoms with Crippen molar-refractivity contribution in [2.24, 2.45) is 0 Å². The van der Waals surface area contributed by atoms with Gasteiger partial charge >= 0.3 is 0 Å². The molecule has 2 rings (SSSR count). The third-order valence-corrected chi connectivity index (χ3v) is 3.80. The van der Waals surface area contributed by atoms with Gasteiger partial charge in [-0.3, -0.25) is 4.79 Å². The summed E-state index contributed by atoms with van der Waals surface area (Å²) in [5, 5.41) is 9.90. The van der Waals surface area contributed by atoms with E-state index >= 15 is 0 Å². The van der Waals surface area contributed by atoms with Crippen molar-refractivity contribution in [1.82, 2.24) is 4.90 Å². The van der Waals surface area contributed by atoms with Crippen LogP contribution in [0.3, 0.4) is 0 Å². The lowest BCUT2D eigenvalue weighted by Crippen LogP contribution is -2.38. The van der Waals surface area contributed by atoms with Crippen molar-refractivity contribution in [3.63, 3.8) is 0 Å². The fourth-order valence-electron chi connectivity index (χ4n) is 2.31.